The molecule has 0 bridgehead atoms. The van der Waals surface area contributed by atoms with Gasteiger partial charge in [0.15, 0.2) is 0 Å². The van der Waals surface area contributed by atoms with Crippen molar-refractivity contribution in [1.29, 1.82) is 0 Å². The van der Waals surface area contributed by atoms with Crippen molar-refractivity contribution in [3.8, 4) is 0 Å². The molecule has 1 unspecified atom stereocenters. The molecule has 2 aromatic rings. The van der Waals surface area contributed by atoms with Gasteiger partial charge in [0.1, 0.15) is 0 Å². The molecule has 4 nitrogen and oxygen atoms in total. The molecule has 0 aliphatic heterocycles. The number of hydrogen-bond acceptors (Lipinski definition) is 4. The SMILES string of the molecule is CNCc1cc(N(C)C(C)COC)c2ccccc2n1. The second-order valence-corrected chi connectivity index (χ2v) is 5.10. The molecule has 4 heteroatoms. The number of nitrogens with one attached hydrogen (secondary N) is 1. The Kier molecular flexibility index (Phi) is 4.93. The molecule has 0 amide bonds. The fraction of sp³-hybridized carbons (Fsp3) is 0.438. The molecule has 0 fully saturated rings. The Balaban J connectivity index is 2.48. The van der Waals surface area contributed by atoms with Crippen LogP contribution in [-0.2, 0) is 11.3 Å². The Labute approximate surface area is 120 Å². The van der Waals surface area contributed by atoms with Crippen LogP contribution < -0.4 is 10.2 Å². The molecule has 2 rings (SSSR count). The number of nitrogens with zero attached hydrogens (tertiary/aromatic N) is 2. The van der Waals surface area contributed by atoms with Gasteiger partial charge in [0.25, 0.3) is 0 Å². The highest BCUT2D eigenvalue weighted by molar-refractivity contribution is 5.92. The minimum Gasteiger partial charge on any atom is -0.383 e. The lowest BCUT2D eigenvalue weighted by atomic mass is 10.1. The molecule has 0 saturated heterocycles. The van der Waals surface area contributed by atoms with Crippen LogP contribution in [0.3, 0.4) is 0 Å². The van der Waals surface area contributed by atoms with E-state index in [9.17, 15) is 0 Å². The predicted molar refractivity (Wildman–Crippen MR) is 84.2 cm³/mol. The smallest absolute Gasteiger partial charge is 0.0726 e. The van der Waals surface area contributed by atoms with Crippen LogP contribution in [0.15, 0.2) is 30.3 Å². The predicted octanol–water partition coefficient (Wildman–Crippen LogP) is 2.43. The summed E-state index contributed by atoms with van der Waals surface area (Å²) in [6.07, 6.45) is 0. The summed E-state index contributed by atoms with van der Waals surface area (Å²) in [5, 5.41) is 4.34. The van der Waals surface area contributed by atoms with Gasteiger partial charge in [-0.05, 0) is 26.1 Å². The van der Waals surface area contributed by atoms with Crippen LogP contribution >= 0.6 is 0 Å². The van der Waals surface area contributed by atoms with E-state index in [1.54, 1.807) is 7.11 Å². The summed E-state index contributed by atoms with van der Waals surface area (Å²) in [4.78, 5) is 6.95. The fourth-order valence-electron chi connectivity index (χ4n) is 2.36. The third kappa shape index (κ3) is 3.08. The third-order valence-electron chi connectivity index (χ3n) is 3.55. The van der Waals surface area contributed by atoms with Crippen molar-refractivity contribution in [2.75, 3.05) is 32.7 Å². The van der Waals surface area contributed by atoms with Gasteiger partial charge in [-0.25, -0.2) is 0 Å². The number of pyridine rings is 1. The number of anilines is 1. The van der Waals surface area contributed by atoms with Crippen molar-refractivity contribution >= 4 is 16.6 Å². The number of aromatic nitrogens is 1. The van der Waals surface area contributed by atoms with Gasteiger partial charge in [-0.15, -0.1) is 0 Å². The maximum atomic E-state index is 5.27. The van der Waals surface area contributed by atoms with E-state index < -0.39 is 0 Å². The number of rotatable bonds is 6. The van der Waals surface area contributed by atoms with E-state index in [-0.39, 0.29) is 0 Å². The molecule has 0 saturated carbocycles. The summed E-state index contributed by atoms with van der Waals surface area (Å²) in [6.45, 7) is 3.63. The molecule has 0 radical (unpaired) electrons. The Bertz CT molecular complexity index is 571. The molecule has 1 heterocycles. The second-order valence-electron chi connectivity index (χ2n) is 5.10. The average molecular weight is 273 g/mol. The van der Waals surface area contributed by atoms with E-state index in [2.05, 4.69) is 48.5 Å². The van der Waals surface area contributed by atoms with Crippen LogP contribution in [-0.4, -0.2) is 38.8 Å². The van der Waals surface area contributed by atoms with Crippen LogP contribution in [0.5, 0.6) is 0 Å². The van der Waals surface area contributed by atoms with Crippen molar-refractivity contribution in [1.82, 2.24) is 10.3 Å². The van der Waals surface area contributed by atoms with E-state index in [0.29, 0.717) is 12.6 Å². The van der Waals surface area contributed by atoms with Crippen LogP contribution in [0.25, 0.3) is 10.9 Å². The number of benzene rings is 1. The summed E-state index contributed by atoms with van der Waals surface area (Å²) in [6, 6.07) is 10.7. The molecule has 0 aliphatic rings. The number of fused-ring (bicyclic) bond motifs is 1. The Morgan fingerprint density at radius 2 is 2.10 bits per heavy atom. The third-order valence-corrected chi connectivity index (χ3v) is 3.55. The van der Waals surface area contributed by atoms with Crippen LogP contribution in [0, 0.1) is 0 Å². The standard InChI is InChI=1S/C16H23N3O/c1-12(11-20-4)19(3)16-9-13(10-17-2)18-15-8-6-5-7-14(15)16/h5-9,12,17H,10-11H2,1-4H3. The molecule has 1 aromatic carbocycles. The van der Waals surface area contributed by atoms with Crippen molar-refractivity contribution in [2.45, 2.75) is 19.5 Å². The van der Waals surface area contributed by atoms with Gasteiger partial charge in [0.05, 0.1) is 17.8 Å². The average Bonchev–Trinajstić information content (AvgIpc) is 2.46. The molecule has 20 heavy (non-hydrogen) atoms. The summed E-state index contributed by atoms with van der Waals surface area (Å²) < 4.78 is 5.27. The maximum absolute atomic E-state index is 5.27. The van der Waals surface area contributed by atoms with Crippen LogP contribution in [0.4, 0.5) is 5.69 Å². The topological polar surface area (TPSA) is 37.4 Å². The van der Waals surface area contributed by atoms with Gasteiger partial charge in [-0.3, -0.25) is 4.98 Å². The zero-order valence-electron chi connectivity index (χ0n) is 12.7. The number of ether oxygens (including phenoxy) is 1. The van der Waals surface area contributed by atoms with E-state index in [1.165, 1.54) is 11.1 Å². The van der Waals surface area contributed by atoms with E-state index in [1.807, 2.05) is 13.1 Å². The highest BCUT2D eigenvalue weighted by Crippen LogP contribution is 2.27. The zero-order chi connectivity index (χ0) is 14.5. The quantitative estimate of drug-likeness (QED) is 0.877. The highest BCUT2D eigenvalue weighted by atomic mass is 16.5. The Morgan fingerprint density at radius 3 is 2.80 bits per heavy atom. The fourth-order valence-corrected chi connectivity index (χ4v) is 2.36. The second kappa shape index (κ2) is 6.68. The number of hydrogen-bond donors (Lipinski definition) is 1. The lowest BCUT2D eigenvalue weighted by molar-refractivity contribution is 0.183. The Morgan fingerprint density at radius 1 is 1.35 bits per heavy atom. The van der Waals surface area contributed by atoms with Gasteiger partial charge in [-0.1, -0.05) is 18.2 Å². The Hall–Kier alpha value is -1.65. The summed E-state index contributed by atoms with van der Waals surface area (Å²) >= 11 is 0. The minimum atomic E-state index is 0.313. The van der Waals surface area contributed by atoms with Gasteiger partial charge < -0.3 is 15.0 Å². The lowest BCUT2D eigenvalue weighted by Gasteiger charge is -2.28. The van der Waals surface area contributed by atoms with Gasteiger partial charge >= 0.3 is 0 Å². The summed E-state index contributed by atoms with van der Waals surface area (Å²) in [5.74, 6) is 0. The number of para-hydroxylation sites is 1. The van der Waals surface area contributed by atoms with Gasteiger partial charge in [0, 0.05) is 37.8 Å². The summed E-state index contributed by atoms with van der Waals surface area (Å²) in [7, 11) is 5.78. The number of methoxy groups -OCH3 is 1. The molecule has 0 spiro atoms. The minimum absolute atomic E-state index is 0.313. The van der Waals surface area contributed by atoms with Gasteiger partial charge in [-0.2, -0.15) is 0 Å². The molecular weight excluding hydrogens is 250 g/mol. The van der Waals surface area contributed by atoms with E-state index in [4.69, 9.17) is 9.72 Å². The first-order chi connectivity index (χ1) is 9.67. The van der Waals surface area contributed by atoms with E-state index in [0.717, 1.165) is 17.8 Å². The molecular formula is C16H23N3O. The largest absolute Gasteiger partial charge is 0.383 e. The highest BCUT2D eigenvalue weighted by Gasteiger charge is 2.14. The van der Waals surface area contributed by atoms with Crippen LogP contribution in [0.2, 0.25) is 0 Å². The molecule has 1 atom stereocenters. The first-order valence-electron chi connectivity index (χ1n) is 6.92. The van der Waals surface area contributed by atoms with Gasteiger partial charge in [0.2, 0.25) is 0 Å². The number of likely N-dealkylation sites (N-methyl/N-ethyl adjacent to an activating group) is 1. The molecule has 1 aromatic heterocycles. The van der Waals surface area contributed by atoms with Crippen molar-refractivity contribution < 1.29 is 4.74 Å². The van der Waals surface area contributed by atoms with Crippen molar-refractivity contribution in [2.24, 2.45) is 0 Å². The molecule has 0 aliphatic carbocycles. The van der Waals surface area contributed by atoms with Crippen LogP contribution in [0.1, 0.15) is 12.6 Å². The zero-order valence-corrected chi connectivity index (χ0v) is 12.7. The van der Waals surface area contributed by atoms with Crippen molar-refractivity contribution in [3.05, 3.63) is 36.0 Å². The monoisotopic (exact) mass is 273 g/mol. The lowest BCUT2D eigenvalue weighted by Crippen LogP contribution is -2.32. The normalized spacial score (nSPS) is 12.6. The first kappa shape index (κ1) is 14.8. The first-order valence-corrected chi connectivity index (χ1v) is 6.92. The van der Waals surface area contributed by atoms with Crippen molar-refractivity contribution in [3.63, 3.8) is 0 Å². The summed E-state index contributed by atoms with van der Waals surface area (Å²) in [5.41, 5.74) is 3.29. The maximum Gasteiger partial charge on any atom is 0.0726 e. The molecule has 1 N–H and O–H groups in total. The molecule has 108 valence electrons. The van der Waals surface area contributed by atoms with E-state index >= 15 is 0 Å².